The van der Waals surface area contributed by atoms with Crippen LogP contribution in [0.4, 0.5) is 0 Å². The second-order valence-electron chi connectivity index (χ2n) is 6.13. The summed E-state index contributed by atoms with van der Waals surface area (Å²) in [7, 11) is 10.3. The van der Waals surface area contributed by atoms with Crippen LogP contribution in [0, 0.1) is 14.4 Å². The summed E-state index contributed by atoms with van der Waals surface area (Å²) >= 11 is -1.85. The largest absolute Gasteiger partial charge is 0.358 e. The minimum Gasteiger partial charge on any atom is -0.358 e. The third-order valence-corrected chi connectivity index (χ3v) is 2.52. The van der Waals surface area contributed by atoms with Gasteiger partial charge in [0, 0.05) is 0 Å². The third-order valence-electron chi connectivity index (χ3n) is 2.52. The molecule has 2 nitrogen and oxygen atoms in total. The smallest absolute Gasteiger partial charge is 0.0771 e. The number of halogens is 2. The molecule has 0 amide bonds. The summed E-state index contributed by atoms with van der Waals surface area (Å²) < 4.78 is 3.37. The summed E-state index contributed by atoms with van der Waals surface area (Å²) in [6, 6.07) is 19.3. The van der Waals surface area contributed by atoms with E-state index in [0.29, 0.717) is 0 Å². The molecule has 3 rings (SSSR count). The van der Waals surface area contributed by atoms with Gasteiger partial charge in [-0.15, -0.1) is 45.3 Å². The standard InChI is InChI=1S/C13H9.C4H10N.C2H5O.CH3.CH2.2ClH.Zr/c1-3-7-12-10(5-1)9-11-6-2-4-8-13(11)12;1-4(2,3)5;1-2-3;;;;;/h1-9H;5H,1-3H3;3H,1-2H2;1H3;1H2;2*1H;/q4*-1;;;;+2/p-2. The van der Waals surface area contributed by atoms with Crippen LogP contribution in [-0.2, 0) is 18.9 Å². The molecule has 0 fully saturated rings. The first-order valence-electron chi connectivity index (χ1n) is 7.78. The minimum atomic E-state index is -1.85. The van der Waals surface area contributed by atoms with Crippen LogP contribution < -0.4 is 0 Å². The molecule has 0 unspecified atom stereocenters. The van der Waals surface area contributed by atoms with Crippen LogP contribution in [0.25, 0.3) is 27.3 Å². The van der Waals surface area contributed by atoms with Crippen molar-refractivity contribution in [3.8, 4) is 0 Å². The van der Waals surface area contributed by atoms with Gasteiger partial charge in [-0.2, -0.15) is 0 Å². The first-order chi connectivity index (χ1) is 11.6. The molecule has 0 spiro atoms. The maximum Gasteiger partial charge on any atom is -0.0771 e. The van der Waals surface area contributed by atoms with Crippen molar-refractivity contribution in [2.75, 3.05) is 6.61 Å². The Kier molecular flexibility index (Phi) is 15.6. The van der Waals surface area contributed by atoms with E-state index in [9.17, 15) is 0 Å². The maximum absolute atomic E-state index is 7.46. The van der Waals surface area contributed by atoms with Gasteiger partial charge in [-0.25, -0.2) is 0 Å². The van der Waals surface area contributed by atoms with Gasteiger partial charge in [0.15, 0.2) is 0 Å². The number of nitrogens with one attached hydrogen (secondary N) is 1. The summed E-state index contributed by atoms with van der Waals surface area (Å²) in [5.74, 6) is 0. The maximum atomic E-state index is 7.46. The average molecular weight is 474 g/mol. The van der Waals surface area contributed by atoms with Crippen molar-refractivity contribution >= 4 is 42.8 Å². The van der Waals surface area contributed by atoms with E-state index < -0.39 is 18.9 Å². The first-order valence-corrected chi connectivity index (χ1v) is 15.8. The van der Waals surface area contributed by atoms with Crippen LogP contribution in [0.2, 0.25) is 0 Å². The summed E-state index contributed by atoms with van der Waals surface area (Å²) in [5.41, 5.74) is 6.69. The fourth-order valence-electron chi connectivity index (χ4n) is 1.90. The Labute approximate surface area is 173 Å². The molecule has 0 aromatic heterocycles. The van der Waals surface area contributed by atoms with E-state index in [4.69, 9.17) is 27.9 Å². The Balaban J connectivity index is 0. The summed E-state index contributed by atoms with van der Waals surface area (Å²) in [4.78, 5) is 0. The van der Waals surface area contributed by atoms with E-state index in [1.807, 2.05) is 20.8 Å². The van der Waals surface area contributed by atoms with E-state index in [2.05, 4.69) is 65.7 Å². The fourth-order valence-corrected chi connectivity index (χ4v) is 1.90. The van der Waals surface area contributed by atoms with Crippen molar-refractivity contribution in [2.24, 2.45) is 0 Å². The Bertz CT molecular complexity index is 703. The summed E-state index contributed by atoms with van der Waals surface area (Å²) in [6.07, 6.45) is 0. The predicted molar refractivity (Wildman–Crippen MR) is 119 cm³/mol. The monoisotopic (exact) mass is 471 g/mol. The van der Waals surface area contributed by atoms with Crippen LogP contribution in [0.15, 0.2) is 54.6 Å². The van der Waals surface area contributed by atoms with Crippen molar-refractivity contribution in [3.05, 3.63) is 74.7 Å². The summed E-state index contributed by atoms with van der Waals surface area (Å²) in [5, 5.41) is 12.9. The molecule has 3 aromatic carbocycles. The minimum absolute atomic E-state index is 0. The SMILES string of the molecule is CC(C)(C)[NH-].[CH2-]CO.[CH2]=[Zr]([Cl])[Cl].[CH3-].c1ccc2c(c1)[cH-]c1ccccc12. The van der Waals surface area contributed by atoms with Crippen LogP contribution >= 0.6 is 17.0 Å². The van der Waals surface area contributed by atoms with Crippen LogP contribution in [0.1, 0.15) is 20.8 Å². The van der Waals surface area contributed by atoms with Gasteiger partial charge in [0.05, 0.1) is 0 Å². The Hall–Kier alpha value is -0.437. The molecule has 0 saturated carbocycles. The van der Waals surface area contributed by atoms with Crippen LogP contribution in [-0.4, -0.2) is 21.5 Å². The normalized spacial score (nSPS) is 9.54. The molecule has 0 aliphatic carbocycles. The van der Waals surface area contributed by atoms with Crippen molar-refractivity contribution in [1.82, 2.24) is 0 Å². The number of aliphatic hydroxyl groups is 1. The van der Waals surface area contributed by atoms with E-state index in [0.717, 1.165) is 0 Å². The number of fused-ring (bicyclic) bond motifs is 3. The zero-order chi connectivity index (χ0) is 19.5. The van der Waals surface area contributed by atoms with E-state index in [1.165, 1.54) is 21.5 Å². The number of rotatable bonds is 0. The number of hydrogen-bond acceptors (Lipinski definition) is 1. The summed E-state index contributed by atoms with van der Waals surface area (Å²) in [6.45, 7) is 8.60. The Morgan fingerprint density at radius 1 is 1.04 bits per heavy atom. The van der Waals surface area contributed by atoms with Gasteiger partial charge >= 0.3 is 40.1 Å². The average Bonchev–Trinajstić information content (AvgIpc) is 2.84. The molecule has 0 aliphatic rings. The second-order valence-corrected chi connectivity index (χ2v) is 14.3. The number of hydrogen-bond donors (Lipinski definition) is 1. The molecule has 0 bridgehead atoms. The molecule has 5 heteroatoms. The van der Waals surface area contributed by atoms with E-state index >= 15 is 0 Å². The van der Waals surface area contributed by atoms with E-state index in [1.54, 1.807) is 0 Å². The fraction of sp³-hybridized carbons (Fsp3) is 0.238. The molecular weight excluding hydrogens is 444 g/mol. The van der Waals surface area contributed by atoms with E-state index in [-0.39, 0.29) is 19.6 Å². The zero-order valence-electron chi connectivity index (χ0n) is 16.0. The Morgan fingerprint density at radius 2 is 1.27 bits per heavy atom. The third kappa shape index (κ3) is 13.7. The van der Waals surface area contributed by atoms with Crippen molar-refractivity contribution in [1.29, 1.82) is 0 Å². The van der Waals surface area contributed by atoms with Crippen molar-refractivity contribution in [3.63, 3.8) is 0 Å². The molecule has 26 heavy (non-hydrogen) atoms. The van der Waals surface area contributed by atoms with Gasteiger partial charge in [-0.05, 0) is 0 Å². The molecule has 0 atom stereocenters. The van der Waals surface area contributed by atoms with Gasteiger partial charge in [-0.1, -0.05) is 63.8 Å². The first kappa shape index (κ1) is 27.8. The van der Waals surface area contributed by atoms with Gasteiger partial charge in [-0.3, -0.25) is 0 Å². The number of aliphatic hydroxyl groups excluding tert-OH is 1. The molecule has 3 aromatic rings. The van der Waals surface area contributed by atoms with Gasteiger partial charge in [0.2, 0.25) is 0 Å². The number of benzene rings is 2. The quantitative estimate of drug-likeness (QED) is 0.346. The van der Waals surface area contributed by atoms with Gasteiger partial charge in [0.25, 0.3) is 0 Å². The molecule has 0 radical (unpaired) electrons. The molecule has 2 N–H and O–H groups in total. The zero-order valence-corrected chi connectivity index (χ0v) is 20.0. The van der Waals surface area contributed by atoms with Crippen LogP contribution in [0.3, 0.4) is 0 Å². The van der Waals surface area contributed by atoms with Gasteiger partial charge in [0.1, 0.15) is 0 Å². The van der Waals surface area contributed by atoms with Crippen LogP contribution in [0.5, 0.6) is 0 Å². The molecule has 146 valence electrons. The predicted octanol–water partition coefficient (Wildman–Crippen LogP) is 7.16. The topological polar surface area (TPSA) is 44.0 Å². The molecule has 0 aliphatic heterocycles. The van der Waals surface area contributed by atoms with Gasteiger partial charge < -0.3 is 25.2 Å². The van der Waals surface area contributed by atoms with Crippen molar-refractivity contribution < 1.29 is 24.0 Å². The molecule has 0 heterocycles. The molecule has 0 saturated heterocycles. The second kappa shape index (κ2) is 14.6. The van der Waals surface area contributed by atoms with Crippen molar-refractivity contribution in [2.45, 2.75) is 26.3 Å². The molecular formula is C21H29Cl2NOZr-4. The Morgan fingerprint density at radius 3 is 1.54 bits per heavy atom.